The Kier molecular flexibility index (Phi) is 2.37. The monoisotopic (exact) mass is 238 g/mol. The lowest BCUT2D eigenvalue weighted by Crippen LogP contribution is -1.98. The largest absolute Gasteiger partial charge is 0.399 e. The van der Waals surface area contributed by atoms with Crippen LogP contribution in [0.4, 0.5) is 5.69 Å². The van der Waals surface area contributed by atoms with Gasteiger partial charge in [-0.15, -0.1) is 11.3 Å². The Labute approximate surface area is 105 Å². The lowest BCUT2D eigenvalue weighted by Gasteiger charge is -1.95. The van der Waals surface area contributed by atoms with Crippen LogP contribution in [0, 0.1) is 0 Å². The van der Waals surface area contributed by atoms with Crippen molar-refractivity contribution in [3.8, 4) is 10.6 Å². The van der Waals surface area contributed by atoms with Crippen molar-refractivity contribution in [3.05, 3.63) is 42.5 Å². The summed E-state index contributed by atoms with van der Waals surface area (Å²) in [7, 11) is 2.10. The SMILES string of the molecule is Bc1ccc2nc(-c3ccc(N)cc3)sc2c1. The number of rotatable bonds is 1. The molecule has 0 saturated carbocycles. The predicted octanol–water partition coefficient (Wildman–Crippen LogP) is 1.80. The van der Waals surface area contributed by atoms with Gasteiger partial charge >= 0.3 is 0 Å². The average molecular weight is 238 g/mol. The number of hydrogen-bond acceptors (Lipinski definition) is 3. The van der Waals surface area contributed by atoms with Gasteiger partial charge in [-0.05, 0) is 36.4 Å². The van der Waals surface area contributed by atoms with Gasteiger partial charge < -0.3 is 5.73 Å². The molecule has 0 bridgehead atoms. The van der Waals surface area contributed by atoms with Crippen LogP contribution in [0.5, 0.6) is 0 Å². The summed E-state index contributed by atoms with van der Waals surface area (Å²) in [6, 6.07) is 14.2. The van der Waals surface area contributed by atoms with E-state index >= 15 is 0 Å². The van der Waals surface area contributed by atoms with Crippen molar-refractivity contribution in [2.75, 3.05) is 5.73 Å². The van der Waals surface area contributed by atoms with Crippen LogP contribution in [0.15, 0.2) is 42.5 Å². The van der Waals surface area contributed by atoms with Gasteiger partial charge in [0, 0.05) is 11.3 Å². The second kappa shape index (κ2) is 3.89. The van der Waals surface area contributed by atoms with E-state index in [1.807, 2.05) is 24.3 Å². The molecule has 2 N–H and O–H groups in total. The molecule has 3 rings (SSSR count). The Bertz CT molecular complexity index is 673. The van der Waals surface area contributed by atoms with Crippen molar-refractivity contribution in [2.45, 2.75) is 0 Å². The highest BCUT2D eigenvalue weighted by Gasteiger charge is 2.05. The Morgan fingerprint density at radius 1 is 1.06 bits per heavy atom. The molecule has 0 saturated heterocycles. The number of aromatic nitrogens is 1. The maximum atomic E-state index is 5.68. The summed E-state index contributed by atoms with van der Waals surface area (Å²) in [6.45, 7) is 0. The number of fused-ring (bicyclic) bond motifs is 1. The van der Waals surface area contributed by atoms with Gasteiger partial charge in [-0.2, -0.15) is 0 Å². The van der Waals surface area contributed by atoms with E-state index in [-0.39, 0.29) is 0 Å². The van der Waals surface area contributed by atoms with Gasteiger partial charge in [-0.1, -0.05) is 11.5 Å². The third-order valence-corrected chi connectivity index (χ3v) is 3.77. The molecule has 82 valence electrons. The van der Waals surface area contributed by atoms with E-state index in [1.54, 1.807) is 11.3 Å². The molecule has 2 nitrogen and oxygen atoms in total. The lowest BCUT2D eigenvalue weighted by atomic mass is 9.97. The minimum Gasteiger partial charge on any atom is -0.399 e. The van der Waals surface area contributed by atoms with Gasteiger partial charge in [0.25, 0.3) is 0 Å². The molecule has 0 spiro atoms. The summed E-state index contributed by atoms with van der Waals surface area (Å²) in [5.74, 6) is 0. The first-order valence-corrected chi connectivity index (χ1v) is 6.27. The van der Waals surface area contributed by atoms with Crippen LogP contribution >= 0.6 is 11.3 Å². The van der Waals surface area contributed by atoms with Crippen molar-refractivity contribution in [2.24, 2.45) is 0 Å². The summed E-state index contributed by atoms with van der Waals surface area (Å²) in [5.41, 5.74) is 9.92. The van der Waals surface area contributed by atoms with Gasteiger partial charge in [0.2, 0.25) is 0 Å². The highest BCUT2D eigenvalue weighted by Crippen LogP contribution is 2.29. The third-order valence-electron chi connectivity index (χ3n) is 2.70. The van der Waals surface area contributed by atoms with Crippen molar-refractivity contribution in [1.82, 2.24) is 4.98 Å². The van der Waals surface area contributed by atoms with Crippen molar-refractivity contribution < 1.29 is 0 Å². The van der Waals surface area contributed by atoms with E-state index in [0.717, 1.165) is 21.8 Å². The van der Waals surface area contributed by atoms with E-state index in [1.165, 1.54) is 10.2 Å². The second-order valence-corrected chi connectivity index (χ2v) is 5.14. The van der Waals surface area contributed by atoms with E-state index in [4.69, 9.17) is 5.73 Å². The molecule has 1 heterocycles. The molecular formula is C13H11BN2S. The van der Waals surface area contributed by atoms with E-state index in [2.05, 4.69) is 31.0 Å². The van der Waals surface area contributed by atoms with Crippen molar-refractivity contribution in [1.29, 1.82) is 0 Å². The zero-order chi connectivity index (χ0) is 11.8. The summed E-state index contributed by atoms with van der Waals surface area (Å²) in [5, 5.41) is 1.05. The average Bonchev–Trinajstić information content (AvgIpc) is 2.72. The van der Waals surface area contributed by atoms with Gasteiger partial charge in [0.1, 0.15) is 12.9 Å². The Morgan fingerprint density at radius 3 is 2.59 bits per heavy atom. The van der Waals surface area contributed by atoms with E-state index in [9.17, 15) is 0 Å². The maximum Gasteiger partial charge on any atom is 0.139 e. The van der Waals surface area contributed by atoms with Gasteiger partial charge in [0.15, 0.2) is 0 Å². The molecule has 0 fully saturated rings. The normalized spacial score (nSPS) is 10.8. The Hall–Kier alpha value is -1.81. The van der Waals surface area contributed by atoms with Crippen LogP contribution in [-0.2, 0) is 0 Å². The highest BCUT2D eigenvalue weighted by atomic mass is 32.1. The van der Waals surface area contributed by atoms with E-state index < -0.39 is 0 Å². The summed E-state index contributed by atoms with van der Waals surface area (Å²) in [4.78, 5) is 4.63. The molecular weight excluding hydrogens is 227 g/mol. The molecule has 0 atom stereocenters. The summed E-state index contributed by atoms with van der Waals surface area (Å²) in [6.07, 6.45) is 0. The molecule has 2 aromatic carbocycles. The van der Waals surface area contributed by atoms with Gasteiger partial charge in [0.05, 0.1) is 10.2 Å². The number of anilines is 1. The molecule has 0 radical (unpaired) electrons. The summed E-state index contributed by atoms with van der Waals surface area (Å²) < 4.78 is 1.23. The first-order chi connectivity index (χ1) is 8.22. The lowest BCUT2D eigenvalue weighted by molar-refractivity contribution is 1.48. The standard InChI is InChI=1S/C13H11BN2S/c14-9-3-6-11-12(7-9)17-13(16-11)8-1-4-10(15)5-2-8/h1-7H,14-15H2. The third kappa shape index (κ3) is 1.92. The maximum absolute atomic E-state index is 5.68. The van der Waals surface area contributed by atoms with Crippen molar-refractivity contribution >= 4 is 40.5 Å². The number of nitrogens with zero attached hydrogens (tertiary/aromatic N) is 1. The smallest absolute Gasteiger partial charge is 0.139 e. The summed E-state index contributed by atoms with van der Waals surface area (Å²) >= 11 is 1.72. The number of nitrogens with two attached hydrogens (primary N) is 1. The zero-order valence-electron chi connectivity index (χ0n) is 9.47. The van der Waals surface area contributed by atoms with Crippen LogP contribution in [0.1, 0.15) is 0 Å². The fourth-order valence-corrected chi connectivity index (χ4v) is 2.85. The second-order valence-electron chi connectivity index (χ2n) is 4.11. The van der Waals surface area contributed by atoms with Gasteiger partial charge in [-0.3, -0.25) is 0 Å². The first kappa shape index (κ1) is 10.4. The number of hydrogen-bond donors (Lipinski definition) is 1. The quantitative estimate of drug-likeness (QED) is 0.518. The van der Waals surface area contributed by atoms with E-state index in [0.29, 0.717) is 0 Å². The molecule has 3 aromatic rings. The van der Waals surface area contributed by atoms with Crippen LogP contribution < -0.4 is 11.2 Å². The number of benzene rings is 2. The molecule has 0 aliphatic rings. The first-order valence-electron chi connectivity index (χ1n) is 5.45. The molecule has 0 aliphatic carbocycles. The number of nitrogen functional groups attached to an aromatic ring is 1. The van der Waals surface area contributed by atoms with Crippen LogP contribution in [0.3, 0.4) is 0 Å². The van der Waals surface area contributed by atoms with Crippen LogP contribution in [0.2, 0.25) is 0 Å². The molecule has 17 heavy (non-hydrogen) atoms. The minimum atomic E-state index is 0.783. The zero-order valence-corrected chi connectivity index (χ0v) is 10.3. The topological polar surface area (TPSA) is 38.9 Å². The fourth-order valence-electron chi connectivity index (χ4n) is 1.78. The minimum absolute atomic E-state index is 0.783. The van der Waals surface area contributed by atoms with Gasteiger partial charge in [-0.25, -0.2) is 4.98 Å². The molecule has 0 unspecified atom stereocenters. The highest BCUT2D eigenvalue weighted by molar-refractivity contribution is 7.21. The Morgan fingerprint density at radius 2 is 1.82 bits per heavy atom. The van der Waals surface area contributed by atoms with Crippen LogP contribution in [-0.4, -0.2) is 12.8 Å². The molecule has 0 aliphatic heterocycles. The molecule has 1 aromatic heterocycles. The van der Waals surface area contributed by atoms with Crippen LogP contribution in [0.25, 0.3) is 20.8 Å². The molecule has 0 amide bonds. The number of thiazole rings is 1. The van der Waals surface area contributed by atoms with Crippen molar-refractivity contribution in [3.63, 3.8) is 0 Å². The molecule has 4 heteroatoms. The predicted molar refractivity (Wildman–Crippen MR) is 77.6 cm³/mol. The fraction of sp³-hybridized carbons (Fsp3) is 0. The Balaban J connectivity index is 2.14.